The average molecular weight is 202 g/mol. The number of nitrogen functional groups attached to an aromatic ring is 1. The number of ether oxygens (including phenoxy) is 1. The molecule has 1 rings (SSSR count). The maximum atomic E-state index is 10.9. The summed E-state index contributed by atoms with van der Waals surface area (Å²) in [4.78, 5) is 18.4. The number of aromatic nitrogens is 2. The highest BCUT2D eigenvalue weighted by Crippen LogP contribution is 2.21. The number of ketones is 1. The van der Waals surface area contributed by atoms with Gasteiger partial charge in [0.05, 0.1) is 7.11 Å². The normalized spacial score (nSPS) is 9.77. The maximum absolute atomic E-state index is 10.9. The maximum Gasteiger partial charge on any atom is 0.253 e. The zero-order valence-electron chi connectivity index (χ0n) is 7.17. The number of Topliss-reactive ketones (excluding diaryl/α,β-unsaturated/α-hetero) is 1. The minimum atomic E-state index is -0.283. The van der Waals surface area contributed by atoms with Crippen LogP contribution in [0.2, 0.25) is 5.15 Å². The molecule has 1 aromatic rings. The molecule has 0 aromatic carbocycles. The van der Waals surface area contributed by atoms with Crippen molar-refractivity contribution in [1.29, 1.82) is 0 Å². The minimum absolute atomic E-state index is 0.0220. The molecule has 0 saturated carbocycles. The molecule has 2 N–H and O–H groups in total. The van der Waals surface area contributed by atoms with E-state index in [0.717, 1.165) is 0 Å². The van der Waals surface area contributed by atoms with Crippen LogP contribution in [0.3, 0.4) is 0 Å². The van der Waals surface area contributed by atoms with E-state index in [1.54, 1.807) is 0 Å². The molecular weight excluding hydrogens is 194 g/mol. The molecular formula is C7H8ClN3O2. The second kappa shape index (κ2) is 3.57. The Bertz CT molecular complexity index is 354. The number of carbonyl (C=O) groups is 1. The van der Waals surface area contributed by atoms with Crippen molar-refractivity contribution in [3.05, 3.63) is 10.8 Å². The Morgan fingerprint density at radius 3 is 2.62 bits per heavy atom. The summed E-state index contributed by atoms with van der Waals surface area (Å²) in [6, 6.07) is 0. The number of rotatable bonds is 2. The van der Waals surface area contributed by atoms with E-state index in [1.165, 1.54) is 14.0 Å². The van der Waals surface area contributed by atoms with Gasteiger partial charge in [-0.15, -0.1) is 0 Å². The summed E-state index contributed by atoms with van der Waals surface area (Å²) in [6.45, 7) is 1.34. The third kappa shape index (κ3) is 1.86. The van der Waals surface area contributed by atoms with Gasteiger partial charge in [-0.05, 0) is 0 Å². The molecule has 0 aliphatic heterocycles. The van der Waals surface area contributed by atoms with Crippen molar-refractivity contribution in [3.8, 4) is 5.88 Å². The predicted molar refractivity (Wildman–Crippen MR) is 48.0 cm³/mol. The zero-order chi connectivity index (χ0) is 10.0. The number of anilines is 1. The number of carbonyl (C=O) groups excluding carboxylic acids is 1. The van der Waals surface area contributed by atoms with Gasteiger partial charge >= 0.3 is 0 Å². The SMILES string of the molecule is COc1nc(N)c(C(C)=O)nc1Cl. The average Bonchev–Trinajstić information content (AvgIpc) is 2.07. The first-order valence-electron chi connectivity index (χ1n) is 3.44. The Morgan fingerprint density at radius 2 is 2.15 bits per heavy atom. The van der Waals surface area contributed by atoms with Gasteiger partial charge in [-0.25, -0.2) is 4.98 Å². The Morgan fingerprint density at radius 1 is 1.54 bits per heavy atom. The van der Waals surface area contributed by atoms with E-state index in [4.69, 9.17) is 22.1 Å². The summed E-state index contributed by atoms with van der Waals surface area (Å²) >= 11 is 5.64. The van der Waals surface area contributed by atoms with E-state index in [1.807, 2.05) is 0 Å². The second-order valence-corrected chi connectivity index (χ2v) is 2.67. The highest BCUT2D eigenvalue weighted by Gasteiger charge is 2.13. The molecule has 1 aromatic heterocycles. The molecule has 0 amide bonds. The number of halogens is 1. The fourth-order valence-corrected chi connectivity index (χ4v) is 1.00. The molecule has 13 heavy (non-hydrogen) atoms. The van der Waals surface area contributed by atoms with Gasteiger partial charge in [0.15, 0.2) is 16.8 Å². The third-order valence-electron chi connectivity index (χ3n) is 1.38. The Hall–Kier alpha value is -1.36. The third-order valence-corrected chi connectivity index (χ3v) is 1.62. The molecule has 0 radical (unpaired) electrons. The van der Waals surface area contributed by atoms with Gasteiger partial charge in [-0.2, -0.15) is 4.98 Å². The lowest BCUT2D eigenvalue weighted by atomic mass is 10.3. The number of nitrogens with zero attached hydrogens (tertiary/aromatic N) is 2. The van der Waals surface area contributed by atoms with Crippen LogP contribution in [0.5, 0.6) is 5.88 Å². The number of nitrogens with two attached hydrogens (primary N) is 1. The Labute approximate surface area is 79.9 Å². The van der Waals surface area contributed by atoms with E-state index in [-0.39, 0.29) is 28.3 Å². The van der Waals surface area contributed by atoms with Gasteiger partial charge in [-0.1, -0.05) is 11.6 Å². The van der Waals surface area contributed by atoms with Crippen LogP contribution >= 0.6 is 11.6 Å². The molecule has 0 saturated heterocycles. The zero-order valence-corrected chi connectivity index (χ0v) is 7.92. The van der Waals surface area contributed by atoms with Crippen LogP contribution in [0.25, 0.3) is 0 Å². The van der Waals surface area contributed by atoms with Crippen LogP contribution in [-0.4, -0.2) is 22.9 Å². The van der Waals surface area contributed by atoms with Crippen molar-refractivity contribution in [1.82, 2.24) is 9.97 Å². The highest BCUT2D eigenvalue weighted by molar-refractivity contribution is 6.30. The van der Waals surface area contributed by atoms with Crippen LogP contribution in [0.15, 0.2) is 0 Å². The lowest BCUT2D eigenvalue weighted by Gasteiger charge is -2.04. The van der Waals surface area contributed by atoms with Crippen molar-refractivity contribution in [2.75, 3.05) is 12.8 Å². The van der Waals surface area contributed by atoms with Crippen molar-refractivity contribution in [3.63, 3.8) is 0 Å². The van der Waals surface area contributed by atoms with E-state index < -0.39 is 0 Å². The van der Waals surface area contributed by atoms with E-state index in [0.29, 0.717) is 0 Å². The standard InChI is InChI=1S/C7H8ClN3O2/c1-3(12)4-6(9)11-7(13-2)5(8)10-4/h1-2H3,(H2,9,11). The molecule has 0 spiro atoms. The summed E-state index contributed by atoms with van der Waals surface area (Å²) in [7, 11) is 1.39. The van der Waals surface area contributed by atoms with Crippen molar-refractivity contribution in [2.24, 2.45) is 0 Å². The topological polar surface area (TPSA) is 78.1 Å². The summed E-state index contributed by atoms with van der Waals surface area (Å²) in [6.07, 6.45) is 0. The van der Waals surface area contributed by atoms with Crippen LogP contribution in [-0.2, 0) is 0 Å². The number of hydrogen-bond donors (Lipinski definition) is 1. The van der Waals surface area contributed by atoms with Gasteiger partial charge < -0.3 is 10.5 Å². The molecule has 0 aliphatic rings. The van der Waals surface area contributed by atoms with Crippen LogP contribution < -0.4 is 10.5 Å². The molecule has 0 bridgehead atoms. The van der Waals surface area contributed by atoms with Gasteiger partial charge in [0.25, 0.3) is 5.88 Å². The van der Waals surface area contributed by atoms with Crippen molar-refractivity contribution < 1.29 is 9.53 Å². The summed E-state index contributed by atoms with van der Waals surface area (Å²) in [5, 5.41) is 0.0295. The molecule has 5 nitrogen and oxygen atoms in total. The van der Waals surface area contributed by atoms with Crippen molar-refractivity contribution >= 4 is 23.2 Å². The lowest BCUT2D eigenvalue weighted by molar-refractivity contribution is 0.101. The number of hydrogen-bond acceptors (Lipinski definition) is 5. The van der Waals surface area contributed by atoms with Crippen LogP contribution in [0, 0.1) is 0 Å². The Balaban J connectivity index is 3.28. The second-order valence-electron chi connectivity index (χ2n) is 2.31. The molecule has 0 aliphatic carbocycles. The van der Waals surface area contributed by atoms with Gasteiger partial charge in [0.1, 0.15) is 5.69 Å². The monoisotopic (exact) mass is 201 g/mol. The summed E-state index contributed by atoms with van der Waals surface area (Å²) < 4.78 is 4.76. The summed E-state index contributed by atoms with van der Waals surface area (Å²) in [5.41, 5.74) is 5.49. The Kier molecular flexibility index (Phi) is 2.67. The first-order chi connectivity index (χ1) is 6.06. The molecule has 70 valence electrons. The highest BCUT2D eigenvalue weighted by atomic mass is 35.5. The van der Waals surface area contributed by atoms with E-state index in [9.17, 15) is 4.79 Å². The first-order valence-corrected chi connectivity index (χ1v) is 3.82. The molecule has 0 atom stereocenters. The van der Waals surface area contributed by atoms with Gasteiger partial charge in [0, 0.05) is 6.92 Å². The van der Waals surface area contributed by atoms with Gasteiger partial charge in [0.2, 0.25) is 0 Å². The van der Waals surface area contributed by atoms with Gasteiger partial charge in [-0.3, -0.25) is 4.79 Å². The van der Waals surface area contributed by atoms with E-state index in [2.05, 4.69) is 9.97 Å². The smallest absolute Gasteiger partial charge is 0.253 e. The fraction of sp³-hybridized carbons (Fsp3) is 0.286. The molecule has 1 heterocycles. The number of methoxy groups -OCH3 is 1. The molecule has 0 unspecified atom stereocenters. The summed E-state index contributed by atoms with van der Waals surface area (Å²) in [5.74, 6) is -0.146. The molecule has 6 heteroatoms. The lowest BCUT2D eigenvalue weighted by Crippen LogP contribution is -2.07. The fourth-order valence-electron chi connectivity index (χ4n) is 0.801. The van der Waals surface area contributed by atoms with Crippen LogP contribution in [0.1, 0.15) is 17.4 Å². The largest absolute Gasteiger partial charge is 0.479 e. The first kappa shape index (κ1) is 9.73. The van der Waals surface area contributed by atoms with E-state index >= 15 is 0 Å². The quantitative estimate of drug-likeness (QED) is 0.720. The van der Waals surface area contributed by atoms with Crippen molar-refractivity contribution in [2.45, 2.75) is 6.92 Å². The van der Waals surface area contributed by atoms with Crippen LogP contribution in [0.4, 0.5) is 5.82 Å². The predicted octanol–water partition coefficient (Wildman–Crippen LogP) is 0.923. The minimum Gasteiger partial charge on any atom is -0.479 e. The molecule has 0 fully saturated rings.